The number of hydrogen-bond donors (Lipinski definition) is 2. The lowest BCUT2D eigenvalue weighted by atomic mass is 10.2. The van der Waals surface area contributed by atoms with E-state index in [0.29, 0.717) is 21.5 Å². The van der Waals surface area contributed by atoms with Gasteiger partial charge in [-0.2, -0.15) is 0 Å². The van der Waals surface area contributed by atoms with Gasteiger partial charge < -0.3 is 15.0 Å². The number of benzene rings is 2. The molecule has 0 aliphatic rings. The molecule has 0 heterocycles. The third-order valence-corrected chi connectivity index (χ3v) is 4.57. The van der Waals surface area contributed by atoms with E-state index in [4.69, 9.17) is 17.0 Å². The highest BCUT2D eigenvalue weighted by molar-refractivity contribution is 9.10. The summed E-state index contributed by atoms with van der Waals surface area (Å²) in [6.45, 7) is 5.35. The molecule has 0 saturated carbocycles. The van der Waals surface area contributed by atoms with Crippen LogP contribution in [0.2, 0.25) is 0 Å². The quantitative estimate of drug-likeness (QED) is 0.645. The Balaban J connectivity index is 2.03. The van der Waals surface area contributed by atoms with Gasteiger partial charge in [0.2, 0.25) is 5.91 Å². The number of thiocarbonyl (C=S) groups is 1. The number of anilines is 2. The molecular weight excluding hydrogens is 442 g/mol. The van der Waals surface area contributed by atoms with Gasteiger partial charge in [-0.3, -0.25) is 14.9 Å². The van der Waals surface area contributed by atoms with Crippen molar-refractivity contribution in [3.05, 3.63) is 52.5 Å². The van der Waals surface area contributed by atoms with E-state index in [1.165, 1.54) is 11.8 Å². The molecule has 0 aliphatic carbocycles. The average Bonchev–Trinajstić information content (AvgIpc) is 2.62. The number of ether oxygens (including phenoxy) is 1. The first-order chi connectivity index (χ1) is 13.2. The molecule has 8 heteroatoms. The van der Waals surface area contributed by atoms with Gasteiger partial charge in [0.15, 0.2) is 5.11 Å². The van der Waals surface area contributed by atoms with Crippen LogP contribution in [-0.4, -0.2) is 30.1 Å². The number of halogens is 1. The zero-order valence-electron chi connectivity index (χ0n) is 16.1. The summed E-state index contributed by atoms with van der Waals surface area (Å²) in [5.41, 5.74) is 1.83. The number of carbonyl (C=O) groups is 2. The minimum atomic E-state index is -0.341. The van der Waals surface area contributed by atoms with Crippen molar-refractivity contribution in [1.82, 2.24) is 5.32 Å². The van der Waals surface area contributed by atoms with Gasteiger partial charge in [0, 0.05) is 30.9 Å². The lowest BCUT2D eigenvalue weighted by molar-refractivity contribution is -0.116. The molecule has 28 heavy (non-hydrogen) atoms. The Kier molecular flexibility index (Phi) is 7.53. The van der Waals surface area contributed by atoms with Crippen LogP contribution in [0.15, 0.2) is 46.9 Å². The van der Waals surface area contributed by atoms with Gasteiger partial charge in [0.1, 0.15) is 5.75 Å². The Labute approximate surface area is 178 Å². The van der Waals surface area contributed by atoms with Crippen molar-refractivity contribution < 1.29 is 14.3 Å². The molecule has 0 aliphatic heterocycles. The number of nitrogens with zero attached hydrogens (tertiary/aromatic N) is 1. The van der Waals surface area contributed by atoms with Crippen LogP contribution >= 0.6 is 28.1 Å². The maximum absolute atomic E-state index is 12.4. The second-order valence-corrected chi connectivity index (χ2v) is 7.61. The van der Waals surface area contributed by atoms with Crippen LogP contribution in [0.1, 0.15) is 31.1 Å². The van der Waals surface area contributed by atoms with Crippen LogP contribution in [0.3, 0.4) is 0 Å². The molecule has 0 unspecified atom stereocenters. The Morgan fingerprint density at radius 1 is 1.18 bits per heavy atom. The molecule has 2 rings (SSSR count). The van der Waals surface area contributed by atoms with E-state index < -0.39 is 0 Å². The van der Waals surface area contributed by atoms with E-state index in [-0.39, 0.29) is 23.0 Å². The minimum Gasteiger partial charge on any atom is -0.490 e. The van der Waals surface area contributed by atoms with Crippen LogP contribution in [0, 0.1) is 0 Å². The first-order valence-corrected chi connectivity index (χ1v) is 9.80. The minimum absolute atomic E-state index is 0.0329. The Morgan fingerprint density at radius 3 is 2.50 bits per heavy atom. The molecular formula is C20H22BrN3O3S. The van der Waals surface area contributed by atoms with Gasteiger partial charge in [0.25, 0.3) is 5.91 Å². The molecule has 0 spiro atoms. The zero-order chi connectivity index (χ0) is 20.8. The maximum atomic E-state index is 12.4. The fourth-order valence-electron chi connectivity index (χ4n) is 2.30. The Morgan fingerprint density at radius 2 is 1.89 bits per heavy atom. The number of nitrogens with one attached hydrogen (secondary N) is 2. The van der Waals surface area contributed by atoms with Crippen molar-refractivity contribution in [1.29, 1.82) is 0 Å². The van der Waals surface area contributed by atoms with Gasteiger partial charge >= 0.3 is 0 Å². The molecule has 0 bridgehead atoms. The summed E-state index contributed by atoms with van der Waals surface area (Å²) in [5, 5.41) is 5.76. The standard InChI is InChI=1S/C20H22BrN3O3S/c1-12(2)27-18-9-8-14(10-17(18)21)19(26)23-20(28)22-15-6-5-7-16(11-15)24(4)13(3)25/h5-12H,1-4H3,(H2,22,23,26,28). The summed E-state index contributed by atoms with van der Waals surface area (Å²) in [6.07, 6.45) is 0.0329. The Bertz CT molecular complexity index is 902. The number of rotatable bonds is 5. The molecule has 0 radical (unpaired) electrons. The third-order valence-electron chi connectivity index (χ3n) is 3.75. The molecule has 0 aromatic heterocycles. The molecule has 0 fully saturated rings. The van der Waals surface area contributed by atoms with Crippen molar-refractivity contribution in [2.75, 3.05) is 17.3 Å². The van der Waals surface area contributed by atoms with Crippen LogP contribution < -0.4 is 20.3 Å². The second kappa shape index (κ2) is 9.66. The summed E-state index contributed by atoms with van der Waals surface area (Å²) in [5.74, 6) is 0.244. The first-order valence-electron chi connectivity index (χ1n) is 8.60. The Hall–Kier alpha value is -2.45. The van der Waals surface area contributed by atoms with Gasteiger partial charge in [-0.1, -0.05) is 6.07 Å². The molecule has 0 saturated heterocycles. The average molecular weight is 464 g/mol. The van der Waals surface area contributed by atoms with Crippen molar-refractivity contribution in [3.63, 3.8) is 0 Å². The number of carbonyl (C=O) groups excluding carboxylic acids is 2. The van der Waals surface area contributed by atoms with Crippen LogP contribution in [-0.2, 0) is 4.79 Å². The van der Waals surface area contributed by atoms with E-state index in [9.17, 15) is 9.59 Å². The molecule has 148 valence electrons. The number of hydrogen-bond acceptors (Lipinski definition) is 4. The number of amides is 2. The summed E-state index contributed by atoms with van der Waals surface area (Å²) in [6, 6.07) is 12.3. The lowest BCUT2D eigenvalue weighted by Crippen LogP contribution is -2.34. The highest BCUT2D eigenvalue weighted by Crippen LogP contribution is 2.27. The van der Waals surface area contributed by atoms with Crippen molar-refractivity contribution in [3.8, 4) is 5.75 Å². The van der Waals surface area contributed by atoms with Crippen molar-refractivity contribution >= 4 is 56.4 Å². The largest absolute Gasteiger partial charge is 0.490 e. The predicted molar refractivity (Wildman–Crippen MR) is 119 cm³/mol. The smallest absolute Gasteiger partial charge is 0.257 e. The zero-order valence-corrected chi connectivity index (χ0v) is 18.5. The summed E-state index contributed by atoms with van der Waals surface area (Å²) in [4.78, 5) is 25.5. The van der Waals surface area contributed by atoms with Gasteiger partial charge in [0.05, 0.1) is 10.6 Å². The van der Waals surface area contributed by atoms with Crippen LogP contribution in [0.4, 0.5) is 11.4 Å². The molecule has 0 atom stereocenters. The second-order valence-electron chi connectivity index (χ2n) is 6.35. The molecule has 6 nitrogen and oxygen atoms in total. The van der Waals surface area contributed by atoms with E-state index in [0.717, 1.165) is 5.69 Å². The van der Waals surface area contributed by atoms with Gasteiger partial charge in [-0.05, 0) is 78.4 Å². The third kappa shape index (κ3) is 6.03. The monoisotopic (exact) mass is 463 g/mol. The molecule has 2 aromatic carbocycles. The van der Waals surface area contributed by atoms with E-state index in [2.05, 4.69) is 26.6 Å². The summed E-state index contributed by atoms with van der Waals surface area (Å²) >= 11 is 8.64. The topological polar surface area (TPSA) is 70.7 Å². The van der Waals surface area contributed by atoms with Crippen LogP contribution in [0.25, 0.3) is 0 Å². The van der Waals surface area contributed by atoms with Crippen LogP contribution in [0.5, 0.6) is 5.75 Å². The molecule has 2 aromatic rings. The summed E-state index contributed by atoms with van der Waals surface area (Å²) < 4.78 is 6.33. The SMILES string of the molecule is CC(=O)N(C)c1cccc(NC(=S)NC(=O)c2ccc(OC(C)C)c(Br)c2)c1. The van der Waals surface area contributed by atoms with Gasteiger partial charge in [-0.15, -0.1) is 0 Å². The highest BCUT2D eigenvalue weighted by atomic mass is 79.9. The van der Waals surface area contributed by atoms with E-state index in [1.54, 1.807) is 43.4 Å². The normalized spacial score (nSPS) is 10.4. The van der Waals surface area contributed by atoms with E-state index in [1.807, 2.05) is 19.9 Å². The van der Waals surface area contributed by atoms with Gasteiger partial charge in [-0.25, -0.2) is 0 Å². The predicted octanol–water partition coefficient (Wildman–Crippen LogP) is 4.35. The maximum Gasteiger partial charge on any atom is 0.257 e. The summed E-state index contributed by atoms with van der Waals surface area (Å²) in [7, 11) is 1.69. The highest BCUT2D eigenvalue weighted by Gasteiger charge is 2.12. The molecule has 2 N–H and O–H groups in total. The fourth-order valence-corrected chi connectivity index (χ4v) is 2.99. The fraction of sp³-hybridized carbons (Fsp3) is 0.250. The van der Waals surface area contributed by atoms with E-state index >= 15 is 0 Å². The lowest BCUT2D eigenvalue weighted by Gasteiger charge is -2.17. The molecule has 2 amide bonds. The van der Waals surface area contributed by atoms with Crippen molar-refractivity contribution in [2.45, 2.75) is 26.9 Å². The van der Waals surface area contributed by atoms with Crippen molar-refractivity contribution in [2.24, 2.45) is 0 Å². The first kappa shape index (κ1) is 21.8.